The predicted molar refractivity (Wildman–Crippen MR) is 115 cm³/mol. The Balaban J connectivity index is 1.40. The van der Waals surface area contributed by atoms with Crippen molar-refractivity contribution in [2.75, 3.05) is 6.61 Å². The first-order valence-corrected chi connectivity index (χ1v) is 10.1. The lowest BCUT2D eigenvalue weighted by atomic mass is 10.0. The third kappa shape index (κ3) is 5.70. The molecule has 3 rings (SSSR count). The van der Waals surface area contributed by atoms with Crippen molar-refractivity contribution in [2.45, 2.75) is 45.6 Å². The van der Waals surface area contributed by atoms with Crippen LogP contribution in [-0.4, -0.2) is 23.5 Å². The maximum atomic E-state index is 12.2. The van der Waals surface area contributed by atoms with Crippen LogP contribution in [0.1, 0.15) is 48.9 Å². The standard InChI is InChI=1S/C24H28N2O3/c1-3-21(18-13-11-17(2)12-14-18)26-23(27)16-29-24(28)10-6-7-19-15-25-22-9-5-4-8-20(19)22/h4-5,8-9,11-15,21,25H,3,6-7,10,16H2,1-2H3,(H,26,27)/t21-/m1/s1. The highest BCUT2D eigenvalue weighted by Crippen LogP contribution is 2.20. The van der Waals surface area contributed by atoms with E-state index in [9.17, 15) is 9.59 Å². The second kappa shape index (κ2) is 9.92. The molecule has 1 atom stereocenters. The highest BCUT2D eigenvalue weighted by molar-refractivity contribution is 5.83. The van der Waals surface area contributed by atoms with Crippen LogP contribution in [0.5, 0.6) is 0 Å². The molecule has 0 radical (unpaired) electrons. The Morgan fingerprint density at radius 2 is 1.86 bits per heavy atom. The van der Waals surface area contributed by atoms with Crippen molar-refractivity contribution < 1.29 is 14.3 Å². The van der Waals surface area contributed by atoms with Crippen LogP contribution in [-0.2, 0) is 20.7 Å². The molecule has 0 bridgehead atoms. The fourth-order valence-corrected chi connectivity index (χ4v) is 3.44. The molecule has 0 aliphatic carbocycles. The van der Waals surface area contributed by atoms with Crippen molar-refractivity contribution in [2.24, 2.45) is 0 Å². The number of aryl methyl sites for hydroxylation is 2. The quantitative estimate of drug-likeness (QED) is 0.523. The molecule has 5 nitrogen and oxygen atoms in total. The zero-order chi connectivity index (χ0) is 20.6. The number of H-pyrrole nitrogens is 1. The number of hydrogen-bond acceptors (Lipinski definition) is 3. The molecular weight excluding hydrogens is 364 g/mol. The van der Waals surface area contributed by atoms with Crippen molar-refractivity contribution in [1.29, 1.82) is 0 Å². The molecule has 3 aromatic rings. The number of aromatic nitrogens is 1. The number of rotatable bonds is 9. The number of nitrogens with one attached hydrogen (secondary N) is 2. The summed E-state index contributed by atoms with van der Waals surface area (Å²) in [6.07, 6.45) is 4.52. The number of carbonyl (C=O) groups is 2. The van der Waals surface area contributed by atoms with Gasteiger partial charge in [-0.25, -0.2) is 0 Å². The van der Waals surface area contributed by atoms with Crippen molar-refractivity contribution >= 4 is 22.8 Å². The molecule has 1 heterocycles. The minimum atomic E-state index is -0.344. The van der Waals surface area contributed by atoms with Crippen molar-refractivity contribution in [1.82, 2.24) is 10.3 Å². The van der Waals surface area contributed by atoms with Crippen molar-refractivity contribution in [3.8, 4) is 0 Å². The maximum absolute atomic E-state index is 12.2. The molecule has 2 N–H and O–H groups in total. The molecular formula is C24H28N2O3. The average Bonchev–Trinajstić information content (AvgIpc) is 3.14. The lowest BCUT2D eigenvalue weighted by Gasteiger charge is -2.17. The van der Waals surface area contributed by atoms with E-state index in [4.69, 9.17) is 4.74 Å². The fourth-order valence-electron chi connectivity index (χ4n) is 3.44. The summed E-state index contributed by atoms with van der Waals surface area (Å²) in [6.45, 7) is 3.80. The number of ether oxygens (including phenoxy) is 1. The molecule has 29 heavy (non-hydrogen) atoms. The molecule has 152 valence electrons. The van der Waals surface area contributed by atoms with Gasteiger partial charge >= 0.3 is 5.97 Å². The monoisotopic (exact) mass is 392 g/mol. The second-order valence-corrected chi connectivity index (χ2v) is 7.31. The van der Waals surface area contributed by atoms with Gasteiger partial charge in [-0.3, -0.25) is 9.59 Å². The Kier molecular flexibility index (Phi) is 7.06. The van der Waals surface area contributed by atoms with E-state index < -0.39 is 0 Å². The van der Waals surface area contributed by atoms with Gasteiger partial charge in [-0.2, -0.15) is 0 Å². The van der Waals surface area contributed by atoms with E-state index in [1.165, 1.54) is 16.5 Å². The lowest BCUT2D eigenvalue weighted by Crippen LogP contribution is -2.32. The van der Waals surface area contributed by atoms with E-state index in [-0.39, 0.29) is 24.5 Å². The number of fused-ring (bicyclic) bond motifs is 1. The van der Waals surface area contributed by atoms with E-state index in [1.807, 2.05) is 62.5 Å². The number of amides is 1. The Bertz CT molecular complexity index is 960. The summed E-state index contributed by atoms with van der Waals surface area (Å²) in [5.74, 6) is -0.620. The molecule has 0 spiro atoms. The molecule has 0 saturated heterocycles. The number of carbonyl (C=O) groups excluding carboxylic acids is 2. The number of benzene rings is 2. The largest absolute Gasteiger partial charge is 0.456 e. The molecule has 0 saturated carbocycles. The summed E-state index contributed by atoms with van der Waals surface area (Å²) in [7, 11) is 0. The topological polar surface area (TPSA) is 71.2 Å². The fraction of sp³-hybridized carbons (Fsp3) is 0.333. The molecule has 0 aliphatic heterocycles. The van der Waals surface area contributed by atoms with Crippen molar-refractivity contribution in [3.05, 3.63) is 71.4 Å². The third-order valence-electron chi connectivity index (χ3n) is 5.09. The van der Waals surface area contributed by atoms with Crippen molar-refractivity contribution in [3.63, 3.8) is 0 Å². The summed E-state index contributed by atoms with van der Waals surface area (Å²) in [5.41, 5.74) is 4.52. The van der Waals surface area contributed by atoms with E-state index in [2.05, 4.69) is 16.4 Å². The summed E-state index contributed by atoms with van der Waals surface area (Å²) in [6, 6.07) is 16.1. The smallest absolute Gasteiger partial charge is 0.306 e. The van der Waals surface area contributed by atoms with Crippen LogP contribution in [0, 0.1) is 6.92 Å². The average molecular weight is 392 g/mol. The predicted octanol–water partition coefficient (Wildman–Crippen LogP) is 4.61. The highest BCUT2D eigenvalue weighted by atomic mass is 16.5. The van der Waals surface area contributed by atoms with Gasteiger partial charge in [-0.05, 0) is 43.4 Å². The summed E-state index contributed by atoms with van der Waals surface area (Å²) < 4.78 is 5.15. The molecule has 0 fully saturated rings. The molecule has 2 aromatic carbocycles. The van der Waals surface area contributed by atoms with Crippen LogP contribution in [0.25, 0.3) is 10.9 Å². The van der Waals surface area contributed by atoms with Crippen LogP contribution >= 0.6 is 0 Å². The number of para-hydroxylation sites is 1. The molecule has 1 aromatic heterocycles. The third-order valence-corrected chi connectivity index (χ3v) is 5.09. The van der Waals surface area contributed by atoms with Gasteiger partial charge in [0, 0.05) is 23.5 Å². The van der Waals surface area contributed by atoms with E-state index in [1.54, 1.807) is 0 Å². The maximum Gasteiger partial charge on any atom is 0.306 e. The zero-order valence-electron chi connectivity index (χ0n) is 17.0. The summed E-state index contributed by atoms with van der Waals surface area (Å²) in [5, 5.41) is 4.12. The minimum Gasteiger partial charge on any atom is -0.456 e. The van der Waals surface area contributed by atoms with E-state index in [0.717, 1.165) is 23.9 Å². The van der Waals surface area contributed by atoms with Crippen LogP contribution in [0.3, 0.4) is 0 Å². The minimum absolute atomic E-state index is 0.0799. The molecule has 0 aliphatic rings. The van der Waals surface area contributed by atoms with Crippen LogP contribution < -0.4 is 5.32 Å². The molecule has 5 heteroatoms. The van der Waals surface area contributed by atoms with E-state index in [0.29, 0.717) is 12.8 Å². The second-order valence-electron chi connectivity index (χ2n) is 7.31. The Morgan fingerprint density at radius 3 is 2.62 bits per heavy atom. The Morgan fingerprint density at radius 1 is 1.10 bits per heavy atom. The number of esters is 1. The molecule has 1 amide bonds. The molecule has 0 unspecified atom stereocenters. The van der Waals surface area contributed by atoms with Gasteiger partial charge in [0.15, 0.2) is 6.61 Å². The van der Waals surface area contributed by atoms with Crippen LogP contribution in [0.4, 0.5) is 0 Å². The lowest BCUT2D eigenvalue weighted by molar-refractivity contribution is -0.148. The normalized spacial score (nSPS) is 11.9. The number of aromatic amines is 1. The Hall–Kier alpha value is -3.08. The van der Waals surface area contributed by atoms with Gasteiger partial charge in [0.2, 0.25) is 0 Å². The van der Waals surface area contributed by atoms with Gasteiger partial charge in [-0.15, -0.1) is 0 Å². The van der Waals surface area contributed by atoms with Gasteiger partial charge in [-0.1, -0.05) is 55.0 Å². The highest BCUT2D eigenvalue weighted by Gasteiger charge is 2.14. The van der Waals surface area contributed by atoms with Crippen LogP contribution in [0.2, 0.25) is 0 Å². The zero-order valence-corrected chi connectivity index (χ0v) is 17.0. The first-order chi connectivity index (χ1) is 14.1. The SMILES string of the molecule is CC[C@@H](NC(=O)COC(=O)CCCc1c[nH]c2ccccc12)c1ccc(C)cc1. The summed E-state index contributed by atoms with van der Waals surface area (Å²) in [4.78, 5) is 27.4. The van der Waals surface area contributed by atoms with Crippen LogP contribution in [0.15, 0.2) is 54.7 Å². The van der Waals surface area contributed by atoms with E-state index >= 15 is 0 Å². The first kappa shape index (κ1) is 20.6. The van der Waals surface area contributed by atoms with Gasteiger partial charge in [0.05, 0.1) is 6.04 Å². The van der Waals surface area contributed by atoms with Gasteiger partial charge < -0.3 is 15.0 Å². The first-order valence-electron chi connectivity index (χ1n) is 10.1. The number of hydrogen-bond donors (Lipinski definition) is 2. The summed E-state index contributed by atoms with van der Waals surface area (Å²) >= 11 is 0. The Labute approximate surface area is 171 Å². The van der Waals surface area contributed by atoms with Gasteiger partial charge in [0.25, 0.3) is 5.91 Å². The van der Waals surface area contributed by atoms with Gasteiger partial charge in [0.1, 0.15) is 0 Å².